The summed E-state index contributed by atoms with van der Waals surface area (Å²) in [7, 11) is 0. The number of carbonyl (C=O) groups excluding carboxylic acids is 1. The molecule has 6 heteroatoms. The van der Waals surface area contributed by atoms with Gasteiger partial charge in [-0.3, -0.25) is 9.78 Å². The van der Waals surface area contributed by atoms with E-state index in [1.165, 1.54) is 0 Å². The number of carbonyl (C=O) groups is 1. The van der Waals surface area contributed by atoms with Gasteiger partial charge in [-0.2, -0.15) is 0 Å². The number of nitrogens with zero attached hydrogens (tertiary/aromatic N) is 2. The predicted octanol–water partition coefficient (Wildman–Crippen LogP) is 1.88. The van der Waals surface area contributed by atoms with Crippen molar-refractivity contribution in [3.8, 4) is 0 Å². The van der Waals surface area contributed by atoms with Crippen molar-refractivity contribution in [2.75, 3.05) is 0 Å². The molecule has 0 saturated carbocycles. The molecule has 0 radical (unpaired) electrons. The molecule has 0 aliphatic heterocycles. The number of fused-ring (bicyclic) bond motifs is 1. The van der Waals surface area contributed by atoms with Crippen LogP contribution in [0.2, 0.25) is 0 Å². The fourth-order valence-corrected chi connectivity index (χ4v) is 2.08. The number of amides is 1. The van der Waals surface area contributed by atoms with Gasteiger partial charge in [0.15, 0.2) is 0 Å². The lowest BCUT2D eigenvalue weighted by Crippen LogP contribution is -2.37. The van der Waals surface area contributed by atoms with Crippen LogP contribution in [0.5, 0.6) is 0 Å². The van der Waals surface area contributed by atoms with Gasteiger partial charge in [-0.1, -0.05) is 18.1 Å². The van der Waals surface area contributed by atoms with Crippen molar-refractivity contribution in [2.45, 2.75) is 25.8 Å². The maximum atomic E-state index is 12.3. The lowest BCUT2D eigenvalue weighted by atomic mass is 10.1. The van der Waals surface area contributed by atoms with Gasteiger partial charge in [-0.05, 0) is 30.7 Å². The van der Waals surface area contributed by atoms with Gasteiger partial charge in [0.25, 0.3) is 5.91 Å². The zero-order valence-electron chi connectivity index (χ0n) is 11.8. The highest BCUT2D eigenvalue weighted by molar-refractivity contribution is 5.98. The van der Waals surface area contributed by atoms with Gasteiger partial charge < -0.3 is 16.3 Å². The molecule has 1 aromatic heterocycles. The van der Waals surface area contributed by atoms with Crippen LogP contribution in [-0.2, 0) is 0 Å². The number of pyridine rings is 1. The van der Waals surface area contributed by atoms with Crippen molar-refractivity contribution < 1.29 is 10.0 Å². The molecule has 1 aromatic carbocycles. The number of nitrogens with one attached hydrogen (secondary N) is 1. The average molecular weight is 286 g/mol. The molecule has 1 atom stereocenters. The summed E-state index contributed by atoms with van der Waals surface area (Å²) in [6.45, 7) is 1.93. The van der Waals surface area contributed by atoms with Crippen molar-refractivity contribution in [3.05, 3.63) is 42.1 Å². The van der Waals surface area contributed by atoms with Crippen molar-refractivity contribution >= 4 is 22.6 Å². The zero-order valence-corrected chi connectivity index (χ0v) is 11.8. The second kappa shape index (κ2) is 6.69. The lowest BCUT2D eigenvalue weighted by Gasteiger charge is -2.16. The van der Waals surface area contributed by atoms with Crippen LogP contribution < -0.4 is 11.1 Å². The van der Waals surface area contributed by atoms with Crippen LogP contribution in [0.25, 0.3) is 10.9 Å². The van der Waals surface area contributed by atoms with Gasteiger partial charge in [0.05, 0.1) is 5.52 Å². The molecule has 0 aliphatic carbocycles. The standard InChI is InChI=1S/C15H18N4O2/c1-2-12(9-14(16)19-21)18-15(20)11-5-6-13-10(8-11)4-3-7-17-13/h3-8,12,21H,2,9H2,1H3,(H2,16,19)(H,18,20). The number of benzene rings is 1. The quantitative estimate of drug-likeness (QED) is 0.338. The van der Waals surface area contributed by atoms with E-state index in [1.54, 1.807) is 18.3 Å². The molecule has 0 bridgehead atoms. The van der Waals surface area contributed by atoms with Crippen LogP contribution in [0.3, 0.4) is 0 Å². The van der Waals surface area contributed by atoms with E-state index < -0.39 is 0 Å². The fourth-order valence-electron chi connectivity index (χ4n) is 2.08. The molecule has 110 valence electrons. The molecule has 1 unspecified atom stereocenters. The number of hydrogen-bond acceptors (Lipinski definition) is 4. The van der Waals surface area contributed by atoms with Crippen LogP contribution >= 0.6 is 0 Å². The van der Waals surface area contributed by atoms with Gasteiger partial charge in [0.2, 0.25) is 0 Å². The van der Waals surface area contributed by atoms with Crippen LogP contribution in [0.15, 0.2) is 41.7 Å². The van der Waals surface area contributed by atoms with Crippen LogP contribution in [0.1, 0.15) is 30.1 Å². The van der Waals surface area contributed by atoms with E-state index in [-0.39, 0.29) is 17.8 Å². The first kappa shape index (κ1) is 14.8. The largest absolute Gasteiger partial charge is 0.409 e. The molecule has 0 aliphatic rings. The third-order valence-corrected chi connectivity index (χ3v) is 3.28. The van der Waals surface area contributed by atoms with Crippen molar-refractivity contribution in [1.82, 2.24) is 10.3 Å². The SMILES string of the molecule is CCC(CC(N)=NO)NC(=O)c1ccc2ncccc2c1. The Labute approximate surface area is 122 Å². The summed E-state index contributed by atoms with van der Waals surface area (Å²) in [6, 6.07) is 8.92. The van der Waals surface area contributed by atoms with Crippen LogP contribution in [0.4, 0.5) is 0 Å². The van der Waals surface area contributed by atoms with Crippen molar-refractivity contribution in [2.24, 2.45) is 10.9 Å². The van der Waals surface area contributed by atoms with Gasteiger partial charge in [0, 0.05) is 29.6 Å². The Morgan fingerprint density at radius 1 is 1.48 bits per heavy atom. The van der Waals surface area contributed by atoms with E-state index in [2.05, 4.69) is 15.5 Å². The predicted molar refractivity (Wildman–Crippen MR) is 81.3 cm³/mol. The third kappa shape index (κ3) is 3.68. The molecule has 2 aromatic rings. The van der Waals surface area contributed by atoms with E-state index in [0.29, 0.717) is 18.4 Å². The van der Waals surface area contributed by atoms with Gasteiger partial charge in [-0.25, -0.2) is 0 Å². The summed E-state index contributed by atoms with van der Waals surface area (Å²) in [5.41, 5.74) is 6.89. The monoisotopic (exact) mass is 286 g/mol. The summed E-state index contributed by atoms with van der Waals surface area (Å²) in [5, 5.41) is 15.3. The highest BCUT2D eigenvalue weighted by atomic mass is 16.4. The van der Waals surface area contributed by atoms with Crippen molar-refractivity contribution in [1.29, 1.82) is 0 Å². The Morgan fingerprint density at radius 3 is 3.00 bits per heavy atom. The summed E-state index contributed by atoms with van der Waals surface area (Å²) >= 11 is 0. The normalized spacial score (nSPS) is 13.1. The summed E-state index contributed by atoms with van der Waals surface area (Å²) < 4.78 is 0. The first-order valence-electron chi connectivity index (χ1n) is 6.76. The molecular formula is C15H18N4O2. The highest BCUT2D eigenvalue weighted by Gasteiger charge is 2.14. The number of oxime groups is 1. The van der Waals surface area contributed by atoms with E-state index in [9.17, 15) is 4.79 Å². The van der Waals surface area contributed by atoms with E-state index >= 15 is 0 Å². The molecule has 1 amide bonds. The fraction of sp³-hybridized carbons (Fsp3) is 0.267. The maximum Gasteiger partial charge on any atom is 0.251 e. The Hall–Kier alpha value is -2.63. The first-order valence-corrected chi connectivity index (χ1v) is 6.76. The van der Waals surface area contributed by atoms with Gasteiger partial charge >= 0.3 is 0 Å². The number of hydrogen-bond donors (Lipinski definition) is 3. The van der Waals surface area contributed by atoms with Crippen molar-refractivity contribution in [3.63, 3.8) is 0 Å². The molecule has 6 nitrogen and oxygen atoms in total. The van der Waals surface area contributed by atoms with E-state index in [4.69, 9.17) is 10.9 Å². The maximum absolute atomic E-state index is 12.3. The Morgan fingerprint density at radius 2 is 2.29 bits per heavy atom. The smallest absolute Gasteiger partial charge is 0.251 e. The molecule has 0 saturated heterocycles. The van der Waals surface area contributed by atoms with Crippen LogP contribution in [0, 0.1) is 0 Å². The number of amidine groups is 1. The molecular weight excluding hydrogens is 268 g/mol. The molecule has 1 heterocycles. The van der Waals surface area contributed by atoms with Gasteiger partial charge in [-0.15, -0.1) is 0 Å². The van der Waals surface area contributed by atoms with Gasteiger partial charge in [0.1, 0.15) is 5.84 Å². The molecule has 4 N–H and O–H groups in total. The van der Waals surface area contributed by atoms with E-state index in [1.807, 2.05) is 25.1 Å². The number of nitrogens with two attached hydrogens (primary N) is 1. The third-order valence-electron chi connectivity index (χ3n) is 3.28. The lowest BCUT2D eigenvalue weighted by molar-refractivity contribution is 0.0937. The van der Waals surface area contributed by atoms with E-state index in [0.717, 1.165) is 10.9 Å². The molecule has 2 rings (SSSR count). The summed E-state index contributed by atoms with van der Waals surface area (Å²) in [4.78, 5) is 16.5. The number of aromatic nitrogens is 1. The Bertz CT molecular complexity index is 670. The van der Waals surface area contributed by atoms with Crippen LogP contribution in [-0.4, -0.2) is 28.0 Å². The molecule has 0 fully saturated rings. The highest BCUT2D eigenvalue weighted by Crippen LogP contribution is 2.13. The summed E-state index contributed by atoms with van der Waals surface area (Å²) in [6.07, 6.45) is 2.72. The Kier molecular flexibility index (Phi) is 4.71. The topological polar surface area (TPSA) is 101 Å². The number of rotatable bonds is 5. The minimum atomic E-state index is -0.182. The first-order chi connectivity index (χ1) is 10.1. The molecule has 0 spiro atoms. The minimum Gasteiger partial charge on any atom is -0.409 e. The second-order valence-corrected chi connectivity index (χ2v) is 4.78. The average Bonchev–Trinajstić information content (AvgIpc) is 2.53. The Balaban J connectivity index is 2.13. The molecule has 21 heavy (non-hydrogen) atoms. The minimum absolute atomic E-state index is 0.102. The zero-order chi connectivity index (χ0) is 15.2. The second-order valence-electron chi connectivity index (χ2n) is 4.78. The summed E-state index contributed by atoms with van der Waals surface area (Å²) in [5.74, 6) is -0.0804.